The minimum Gasteiger partial charge on any atom is -0.758 e. The van der Waals surface area contributed by atoms with Crippen LogP contribution in [-0.4, -0.2) is 96.4 Å². The van der Waals surface area contributed by atoms with E-state index in [1.165, 1.54) is 42.7 Å². The largest absolute Gasteiger partial charge is 0.758 e. The molecule has 3 fully saturated rings. The van der Waals surface area contributed by atoms with Crippen LogP contribution < -0.4 is 24.7 Å². The quantitative estimate of drug-likeness (QED) is 0.0716. The molecule has 0 bridgehead atoms. The lowest BCUT2D eigenvalue weighted by Crippen LogP contribution is -2.54. The van der Waals surface area contributed by atoms with Crippen molar-refractivity contribution in [1.29, 1.82) is 0 Å². The van der Waals surface area contributed by atoms with Crippen molar-refractivity contribution in [2.24, 2.45) is 11.8 Å². The van der Waals surface area contributed by atoms with Crippen molar-refractivity contribution < 1.29 is 26.7 Å². The smallest absolute Gasteiger partial charge is 0.268 e. The molecule has 73 heavy (non-hydrogen) atoms. The lowest BCUT2D eigenvalue weighted by atomic mass is 9.83. The maximum absolute atomic E-state index is 14.4. The Hall–Kier alpha value is -6.60. The molecule has 1 aliphatic carbocycles. The highest BCUT2D eigenvalue weighted by Crippen LogP contribution is 2.40. The van der Waals surface area contributed by atoms with Gasteiger partial charge in [0.1, 0.15) is 27.6 Å². The average molecular weight is 1010 g/mol. The summed E-state index contributed by atoms with van der Waals surface area (Å²) in [7, 11) is -3.32. The predicted octanol–water partition coefficient (Wildman–Crippen LogP) is 10.5. The summed E-state index contributed by atoms with van der Waals surface area (Å²) >= 11 is 0. The summed E-state index contributed by atoms with van der Waals surface area (Å²) in [6.07, 6.45) is 10.8. The minimum atomic E-state index is -4.63. The van der Waals surface area contributed by atoms with Crippen molar-refractivity contribution in [3.63, 3.8) is 0 Å². The number of piperidine rings is 1. The van der Waals surface area contributed by atoms with Crippen LogP contribution in [-0.2, 0) is 16.6 Å². The zero-order chi connectivity index (χ0) is 51.0. The van der Waals surface area contributed by atoms with Crippen LogP contribution in [0.3, 0.4) is 0 Å². The molecule has 1 amide bonds. The zero-order valence-electron chi connectivity index (χ0n) is 41.7. The fourth-order valence-electron chi connectivity index (χ4n) is 11.2. The summed E-state index contributed by atoms with van der Waals surface area (Å²) in [5.74, 6) is -0.736. The highest BCUT2D eigenvalue weighted by atomic mass is 32.2. The third kappa shape index (κ3) is 10.7. The molecule has 1 atom stereocenters. The number of fused-ring (bicyclic) bond motifs is 2. The van der Waals surface area contributed by atoms with Gasteiger partial charge >= 0.3 is 0 Å². The maximum Gasteiger partial charge on any atom is 0.268 e. The minimum absolute atomic E-state index is 0.0243. The van der Waals surface area contributed by atoms with Crippen LogP contribution in [0.2, 0.25) is 0 Å². The number of hydrogen-bond donors (Lipinski definition) is 4. The van der Waals surface area contributed by atoms with Gasteiger partial charge in [-0.05, 0) is 110 Å². The predicted molar refractivity (Wildman–Crippen MR) is 282 cm³/mol. The molecule has 18 heteroatoms. The number of halogens is 2. The van der Waals surface area contributed by atoms with Crippen molar-refractivity contribution >= 4 is 55.1 Å². The number of sulfonamides is 1. The number of nitrogens with zero attached hydrogens (tertiary/aromatic N) is 6. The number of carbonyl (C=O) groups excluding carboxylic acids is 1. The van der Waals surface area contributed by atoms with E-state index in [4.69, 9.17) is 4.74 Å². The number of aromatic nitrogens is 4. The second kappa shape index (κ2) is 21.1. The number of ether oxygens (including phenoxy) is 1. The fourth-order valence-corrected chi connectivity index (χ4v) is 12.3. The van der Waals surface area contributed by atoms with Gasteiger partial charge in [-0.1, -0.05) is 63.9 Å². The van der Waals surface area contributed by atoms with Gasteiger partial charge in [0.05, 0.1) is 35.0 Å². The van der Waals surface area contributed by atoms with Gasteiger partial charge in [0, 0.05) is 81.2 Å². The van der Waals surface area contributed by atoms with E-state index in [1.807, 2.05) is 12.1 Å². The van der Waals surface area contributed by atoms with Crippen molar-refractivity contribution in [2.45, 2.75) is 88.7 Å². The van der Waals surface area contributed by atoms with E-state index in [2.05, 4.69) is 89.7 Å². The molecule has 0 unspecified atom stereocenters. The Morgan fingerprint density at radius 1 is 0.918 bits per heavy atom. The molecular weight excluding hydrogens is 951 g/mol. The molecule has 2 aliphatic heterocycles. The number of hydroxylamine groups is 1. The number of rotatable bonds is 15. The number of amides is 1. The molecule has 1 saturated carbocycles. The van der Waals surface area contributed by atoms with E-state index in [-0.39, 0.29) is 39.5 Å². The van der Waals surface area contributed by atoms with Gasteiger partial charge < -0.3 is 35.2 Å². The molecule has 5 heterocycles. The molecule has 10 rings (SSSR count). The van der Waals surface area contributed by atoms with E-state index >= 15 is 0 Å². The third-order valence-electron chi connectivity index (χ3n) is 15.2. The number of hydrogen-bond acceptors (Lipinski definition) is 12. The van der Waals surface area contributed by atoms with Gasteiger partial charge in [0.15, 0.2) is 11.6 Å². The van der Waals surface area contributed by atoms with Crippen LogP contribution in [0.25, 0.3) is 22.1 Å². The van der Waals surface area contributed by atoms with Crippen LogP contribution in [0.5, 0.6) is 11.5 Å². The Morgan fingerprint density at radius 2 is 1.71 bits per heavy atom. The Kier molecular flexibility index (Phi) is 14.4. The van der Waals surface area contributed by atoms with Gasteiger partial charge in [-0.2, -0.15) is 0 Å². The Balaban J connectivity index is 0.896. The first-order valence-corrected chi connectivity index (χ1v) is 26.9. The van der Waals surface area contributed by atoms with Crippen LogP contribution in [0.15, 0.2) is 102 Å². The van der Waals surface area contributed by atoms with Crippen molar-refractivity contribution in [2.75, 3.05) is 61.6 Å². The first kappa shape index (κ1) is 50.0. The first-order chi connectivity index (χ1) is 35.2. The van der Waals surface area contributed by atoms with Crippen molar-refractivity contribution in [1.82, 2.24) is 34.5 Å². The number of benzene rings is 4. The molecule has 0 spiro atoms. The Labute approximate surface area is 425 Å². The summed E-state index contributed by atoms with van der Waals surface area (Å²) in [6, 6.07) is 23.2. The topological polar surface area (TPSA) is 178 Å². The standard InChI is InChI=1S/C55H63F2N10O5S/c1-34(2)42-7-5-6-8-43(42)48-32-65(31-37-13-16-45(56)46(57)25-37)23-24-67(48)39-18-21-66(22-19-39)40-14-15-44(49(27-40)72-41-26-38-17-20-58-54(38)60-30-41)55(68)63-73(70,71)50-28-47(64(4)69)51(53-52(50)61-33-62-53)59-29-36-11-9-35(3)10-12-36/h5-8,13-17,20,25-28,30,33-36,39,48,59H,9-12,18-19,21-24,29,31-32H2,1-4H3,(H,58,60)(H,61,62)(H,63,68)/q-1/t35?,36?,48-/m0/s1. The van der Waals surface area contributed by atoms with Crippen molar-refractivity contribution in [3.8, 4) is 11.5 Å². The number of aromatic amines is 2. The lowest BCUT2D eigenvalue weighted by Gasteiger charge is -2.48. The van der Waals surface area contributed by atoms with Crippen LogP contribution in [0.4, 0.5) is 25.8 Å². The SMILES string of the molecule is CC1CCC(CNc2c(N(C)[O-])cc(S(=O)(=O)NC(=O)c3ccc(N4CCC(N5CCN(Cc6ccc(F)c(F)c6)C[C@H]5c5ccccc5C(C)C)CC4)cc3Oc3cnc4[nH]ccc4c3)c3nc[nH]c23)CC1. The highest BCUT2D eigenvalue weighted by Gasteiger charge is 2.37. The van der Waals surface area contributed by atoms with Gasteiger partial charge in [-0.3, -0.25) is 14.6 Å². The summed E-state index contributed by atoms with van der Waals surface area (Å²) < 4.78 is 65.6. The van der Waals surface area contributed by atoms with Gasteiger partial charge in [0.25, 0.3) is 15.9 Å². The number of anilines is 3. The molecule has 7 aromatic rings. The molecular formula is C55H63F2N10O5S-. The summed E-state index contributed by atoms with van der Waals surface area (Å²) in [5.41, 5.74) is 5.72. The number of nitrogens with one attached hydrogen (secondary N) is 4. The normalized spacial score (nSPS) is 19.5. The Bertz CT molecular complexity index is 3220. The number of imidazole rings is 1. The molecule has 4 N–H and O–H groups in total. The van der Waals surface area contributed by atoms with E-state index in [9.17, 15) is 27.2 Å². The molecule has 2 saturated heterocycles. The number of carbonyl (C=O) groups is 1. The second-order valence-corrected chi connectivity index (χ2v) is 22.1. The number of piperazine rings is 1. The van der Waals surface area contributed by atoms with E-state index in [1.54, 1.807) is 36.7 Å². The number of H-pyrrole nitrogens is 2. The average Bonchev–Trinajstić information content (AvgIpc) is 4.08. The molecule has 15 nitrogen and oxygen atoms in total. The van der Waals surface area contributed by atoms with Crippen molar-refractivity contribution in [3.05, 3.63) is 137 Å². The highest BCUT2D eigenvalue weighted by molar-refractivity contribution is 7.90. The van der Waals surface area contributed by atoms with Crippen LogP contribution in [0, 0.1) is 28.7 Å². The monoisotopic (exact) mass is 1010 g/mol. The van der Waals surface area contributed by atoms with Gasteiger partial charge in [-0.15, -0.1) is 0 Å². The van der Waals surface area contributed by atoms with Crippen LogP contribution in [0.1, 0.15) is 98.3 Å². The lowest BCUT2D eigenvalue weighted by molar-refractivity contribution is 0.0270. The molecule has 0 radical (unpaired) electrons. The second-order valence-electron chi connectivity index (χ2n) is 20.4. The zero-order valence-corrected chi connectivity index (χ0v) is 42.5. The maximum atomic E-state index is 14.4. The summed E-state index contributed by atoms with van der Waals surface area (Å²) in [5, 5.41) is 17.9. The number of pyridine rings is 1. The molecule has 384 valence electrons. The third-order valence-corrected chi connectivity index (χ3v) is 16.5. The van der Waals surface area contributed by atoms with E-state index in [0.717, 1.165) is 74.8 Å². The van der Waals surface area contributed by atoms with Crippen LogP contribution >= 0.6 is 0 Å². The fraction of sp³-hybridized carbons (Fsp3) is 0.400. The van der Waals surface area contributed by atoms with E-state index < -0.39 is 27.6 Å². The summed E-state index contributed by atoms with van der Waals surface area (Å²) in [6.45, 7) is 11.5. The first-order valence-electron chi connectivity index (χ1n) is 25.4. The Morgan fingerprint density at radius 3 is 2.48 bits per heavy atom. The summed E-state index contributed by atoms with van der Waals surface area (Å²) in [4.78, 5) is 36.2. The van der Waals surface area contributed by atoms with E-state index in [0.29, 0.717) is 71.6 Å². The molecule has 3 aliphatic rings. The molecule has 4 aromatic carbocycles. The molecule has 3 aromatic heterocycles. The van der Waals surface area contributed by atoms with Gasteiger partial charge in [-0.25, -0.2) is 31.9 Å². The van der Waals surface area contributed by atoms with Gasteiger partial charge in [0.2, 0.25) is 0 Å².